The van der Waals surface area contributed by atoms with Gasteiger partial charge in [-0.2, -0.15) is 0 Å². The highest BCUT2D eigenvalue weighted by Crippen LogP contribution is 2.27. The largest absolute Gasteiger partial charge is 0.385 e. The lowest BCUT2D eigenvalue weighted by Gasteiger charge is -2.09. The van der Waals surface area contributed by atoms with Gasteiger partial charge in [-0.15, -0.1) is 0 Å². The molecule has 0 aliphatic carbocycles. The third kappa shape index (κ3) is 6.81. The van der Waals surface area contributed by atoms with Crippen LogP contribution in [-0.2, 0) is 14.8 Å². The lowest BCUT2D eigenvalue weighted by atomic mass is 10.2. The highest BCUT2D eigenvalue weighted by molar-refractivity contribution is 7.99. The van der Waals surface area contributed by atoms with Gasteiger partial charge < -0.3 is 10.1 Å². The first-order chi connectivity index (χ1) is 15.0. The van der Waals surface area contributed by atoms with Gasteiger partial charge in [0.05, 0.1) is 10.5 Å². The van der Waals surface area contributed by atoms with Crippen molar-refractivity contribution < 1.29 is 17.9 Å². The molecule has 162 valence electrons. The van der Waals surface area contributed by atoms with Gasteiger partial charge in [0, 0.05) is 37.0 Å². The van der Waals surface area contributed by atoms with Gasteiger partial charge in [0.1, 0.15) is 5.03 Å². The third-order valence-corrected chi connectivity index (χ3v) is 6.55. The van der Waals surface area contributed by atoms with Crippen molar-refractivity contribution in [3.8, 4) is 0 Å². The zero-order valence-corrected chi connectivity index (χ0v) is 18.6. The minimum Gasteiger partial charge on any atom is -0.385 e. The second-order valence-electron chi connectivity index (χ2n) is 6.53. The Labute approximate surface area is 186 Å². The van der Waals surface area contributed by atoms with E-state index in [4.69, 9.17) is 4.74 Å². The SMILES string of the molecule is COCCCNC(=O)c1ccc(Sc2ccc(NS(=O)(=O)c3ccccc3)cc2)nc1. The molecule has 2 aromatic carbocycles. The monoisotopic (exact) mass is 457 g/mol. The van der Waals surface area contributed by atoms with Crippen molar-refractivity contribution in [1.29, 1.82) is 0 Å². The third-order valence-electron chi connectivity index (χ3n) is 4.19. The van der Waals surface area contributed by atoms with Crippen LogP contribution in [0.4, 0.5) is 5.69 Å². The molecule has 0 atom stereocenters. The standard InChI is InChI=1S/C22H23N3O4S2/c1-29-15-5-14-23-22(26)17-8-13-21(24-16-17)30-19-11-9-18(10-12-19)25-31(27,28)20-6-3-2-4-7-20/h2-4,6-13,16,25H,5,14-15H2,1H3,(H,23,26). The lowest BCUT2D eigenvalue weighted by Crippen LogP contribution is -2.25. The van der Waals surface area contributed by atoms with Crippen LogP contribution in [0.3, 0.4) is 0 Å². The number of benzene rings is 2. The molecule has 1 heterocycles. The maximum absolute atomic E-state index is 12.4. The van der Waals surface area contributed by atoms with E-state index >= 15 is 0 Å². The molecule has 0 bridgehead atoms. The van der Waals surface area contributed by atoms with E-state index in [1.165, 1.54) is 18.0 Å². The number of aromatic nitrogens is 1. The van der Waals surface area contributed by atoms with Crippen LogP contribution in [0.25, 0.3) is 0 Å². The highest BCUT2D eigenvalue weighted by atomic mass is 32.2. The first-order valence-electron chi connectivity index (χ1n) is 9.57. The zero-order valence-electron chi connectivity index (χ0n) is 16.9. The molecule has 0 aliphatic rings. The molecule has 1 amide bonds. The number of carbonyl (C=O) groups excluding carboxylic acids is 1. The van der Waals surface area contributed by atoms with Crippen LogP contribution in [0.2, 0.25) is 0 Å². The maximum Gasteiger partial charge on any atom is 0.261 e. The van der Waals surface area contributed by atoms with Crippen molar-refractivity contribution in [3.63, 3.8) is 0 Å². The van der Waals surface area contributed by atoms with E-state index in [1.54, 1.807) is 61.7 Å². The number of pyridine rings is 1. The molecule has 3 rings (SSSR count). The molecule has 2 N–H and O–H groups in total. The minimum absolute atomic E-state index is 0.171. The molecule has 0 saturated heterocycles. The smallest absolute Gasteiger partial charge is 0.261 e. The predicted molar refractivity (Wildman–Crippen MR) is 121 cm³/mol. The normalized spacial score (nSPS) is 11.1. The average Bonchev–Trinajstić information content (AvgIpc) is 2.79. The van der Waals surface area contributed by atoms with Crippen molar-refractivity contribution in [2.75, 3.05) is 25.0 Å². The molecule has 0 unspecified atom stereocenters. The fraction of sp³-hybridized carbons (Fsp3) is 0.182. The van der Waals surface area contributed by atoms with Crippen LogP contribution < -0.4 is 10.0 Å². The van der Waals surface area contributed by atoms with E-state index in [0.29, 0.717) is 24.4 Å². The van der Waals surface area contributed by atoms with Crippen LogP contribution in [0, 0.1) is 0 Å². The molecule has 0 spiro atoms. The van der Waals surface area contributed by atoms with Gasteiger partial charge in [0.15, 0.2) is 0 Å². The summed E-state index contributed by atoms with van der Waals surface area (Å²) in [4.78, 5) is 17.5. The predicted octanol–water partition coefficient (Wildman–Crippen LogP) is 3.80. The Bertz CT molecular complexity index is 1090. The second kappa shape index (κ2) is 10.9. The Kier molecular flexibility index (Phi) is 8.05. The number of rotatable bonds is 10. The molecule has 31 heavy (non-hydrogen) atoms. The number of hydrogen-bond acceptors (Lipinski definition) is 6. The van der Waals surface area contributed by atoms with Crippen molar-refractivity contribution in [1.82, 2.24) is 10.3 Å². The molecule has 0 radical (unpaired) electrons. The molecular formula is C22H23N3O4S2. The van der Waals surface area contributed by atoms with Crippen LogP contribution in [0.5, 0.6) is 0 Å². The second-order valence-corrected chi connectivity index (χ2v) is 9.31. The Balaban J connectivity index is 1.57. The Morgan fingerprint density at radius 1 is 1.03 bits per heavy atom. The molecule has 0 fully saturated rings. The minimum atomic E-state index is -3.62. The van der Waals surface area contributed by atoms with Gasteiger partial charge in [0.2, 0.25) is 0 Å². The van der Waals surface area contributed by atoms with Gasteiger partial charge in [-0.1, -0.05) is 30.0 Å². The number of anilines is 1. The van der Waals surface area contributed by atoms with Gasteiger partial charge in [-0.05, 0) is 55.0 Å². The summed E-state index contributed by atoms with van der Waals surface area (Å²) >= 11 is 1.42. The van der Waals surface area contributed by atoms with E-state index < -0.39 is 10.0 Å². The number of hydrogen-bond donors (Lipinski definition) is 2. The number of carbonyl (C=O) groups is 1. The number of nitrogens with one attached hydrogen (secondary N) is 2. The summed E-state index contributed by atoms with van der Waals surface area (Å²) < 4.78 is 32.3. The Morgan fingerprint density at radius 3 is 2.42 bits per heavy atom. The maximum atomic E-state index is 12.4. The van der Waals surface area contributed by atoms with Gasteiger partial charge in [-0.3, -0.25) is 9.52 Å². The number of amides is 1. The summed E-state index contributed by atoms with van der Waals surface area (Å²) in [5, 5.41) is 3.55. The number of nitrogens with zero attached hydrogens (tertiary/aromatic N) is 1. The number of methoxy groups -OCH3 is 1. The van der Waals surface area contributed by atoms with E-state index in [0.717, 1.165) is 16.3 Å². The quantitative estimate of drug-likeness (QED) is 0.450. The summed E-state index contributed by atoms with van der Waals surface area (Å²) in [6, 6.07) is 18.7. The summed E-state index contributed by atoms with van der Waals surface area (Å²) in [5.74, 6) is -0.171. The summed E-state index contributed by atoms with van der Waals surface area (Å²) in [6.07, 6.45) is 2.29. The van der Waals surface area contributed by atoms with Crippen LogP contribution >= 0.6 is 11.8 Å². The van der Waals surface area contributed by atoms with E-state index in [9.17, 15) is 13.2 Å². The molecule has 3 aromatic rings. The topological polar surface area (TPSA) is 97.4 Å². The summed E-state index contributed by atoms with van der Waals surface area (Å²) in [5.41, 5.74) is 0.967. The van der Waals surface area contributed by atoms with Crippen molar-refractivity contribution in [2.45, 2.75) is 21.2 Å². The van der Waals surface area contributed by atoms with Gasteiger partial charge in [0.25, 0.3) is 15.9 Å². The van der Waals surface area contributed by atoms with Gasteiger partial charge in [-0.25, -0.2) is 13.4 Å². The summed E-state index contributed by atoms with van der Waals surface area (Å²) in [6.45, 7) is 1.14. The molecule has 9 heteroatoms. The zero-order chi connectivity index (χ0) is 22.1. The first-order valence-corrected chi connectivity index (χ1v) is 11.9. The number of ether oxygens (including phenoxy) is 1. The fourth-order valence-electron chi connectivity index (χ4n) is 2.62. The average molecular weight is 458 g/mol. The van der Waals surface area contributed by atoms with E-state index in [-0.39, 0.29) is 10.8 Å². The van der Waals surface area contributed by atoms with Gasteiger partial charge >= 0.3 is 0 Å². The Morgan fingerprint density at radius 2 is 1.77 bits per heavy atom. The number of sulfonamides is 1. The highest BCUT2D eigenvalue weighted by Gasteiger charge is 2.13. The molecule has 1 aromatic heterocycles. The van der Waals surface area contributed by atoms with Crippen LogP contribution in [-0.4, -0.2) is 39.6 Å². The van der Waals surface area contributed by atoms with Crippen LogP contribution in [0.15, 0.2) is 87.7 Å². The molecule has 7 nitrogen and oxygen atoms in total. The first kappa shape index (κ1) is 22.8. The van der Waals surface area contributed by atoms with E-state index in [1.807, 2.05) is 12.1 Å². The lowest BCUT2D eigenvalue weighted by molar-refractivity contribution is 0.0948. The van der Waals surface area contributed by atoms with Crippen molar-refractivity contribution in [3.05, 3.63) is 78.5 Å². The summed E-state index contributed by atoms with van der Waals surface area (Å²) in [7, 11) is -2.00. The molecule has 0 saturated carbocycles. The van der Waals surface area contributed by atoms with Crippen molar-refractivity contribution in [2.24, 2.45) is 0 Å². The van der Waals surface area contributed by atoms with E-state index in [2.05, 4.69) is 15.0 Å². The molecule has 0 aliphatic heterocycles. The van der Waals surface area contributed by atoms with Crippen LogP contribution in [0.1, 0.15) is 16.8 Å². The molecular weight excluding hydrogens is 434 g/mol. The van der Waals surface area contributed by atoms with Crippen molar-refractivity contribution >= 4 is 33.4 Å². The Hall–Kier alpha value is -2.88. The fourth-order valence-corrected chi connectivity index (χ4v) is 4.46.